The molecule has 1 aliphatic rings. The Bertz CT molecular complexity index is 422. The summed E-state index contributed by atoms with van der Waals surface area (Å²) in [5.74, 6) is -0.0793. The molecule has 86 valence electrons. The highest BCUT2D eigenvalue weighted by Gasteiger charge is 2.26. The number of alkyl halides is 1. The number of phenols is 1. The maximum absolute atomic E-state index is 12.1. The summed E-state index contributed by atoms with van der Waals surface area (Å²) in [5.41, 5.74) is 0.366. The van der Waals surface area contributed by atoms with Crippen LogP contribution in [0.3, 0.4) is 0 Å². The number of rotatable bonds is 1. The topological polar surface area (TPSA) is 40.5 Å². The molecule has 1 fully saturated rings. The number of phenolic OH excluding ortho intramolecular Hbond substituents is 1. The minimum absolute atomic E-state index is 0.0254. The summed E-state index contributed by atoms with van der Waals surface area (Å²) < 4.78 is 0.765. The van der Waals surface area contributed by atoms with Crippen molar-refractivity contribution in [3.8, 4) is 5.75 Å². The Balaban J connectivity index is 2.21. The van der Waals surface area contributed by atoms with Crippen molar-refractivity contribution in [2.75, 3.05) is 13.1 Å². The van der Waals surface area contributed by atoms with Gasteiger partial charge in [-0.2, -0.15) is 0 Å². The summed E-state index contributed by atoms with van der Waals surface area (Å²) >= 11 is 6.73. The van der Waals surface area contributed by atoms with E-state index in [4.69, 9.17) is 0 Å². The summed E-state index contributed by atoms with van der Waals surface area (Å²) in [6.07, 6.45) is 0.961. The molecule has 1 saturated heterocycles. The van der Waals surface area contributed by atoms with Crippen LogP contribution in [0.4, 0.5) is 0 Å². The van der Waals surface area contributed by atoms with Gasteiger partial charge in [0.15, 0.2) is 0 Å². The van der Waals surface area contributed by atoms with Crippen LogP contribution in [0.5, 0.6) is 5.75 Å². The van der Waals surface area contributed by atoms with Gasteiger partial charge in [0.1, 0.15) is 5.75 Å². The summed E-state index contributed by atoms with van der Waals surface area (Å²) in [6, 6.07) is 4.94. The Hall–Kier alpha value is -0.550. The number of benzene rings is 1. The monoisotopic (exact) mass is 347 g/mol. The van der Waals surface area contributed by atoms with E-state index in [1.807, 2.05) is 0 Å². The second-order valence-corrected chi connectivity index (χ2v) is 6.01. The van der Waals surface area contributed by atoms with E-state index in [0.717, 1.165) is 17.4 Å². The standard InChI is InChI=1S/C11H11Br2NO2/c12-7-1-2-9(10(15)5-7)11(16)14-4-3-8(13)6-14/h1-2,5,8,15H,3-4,6H2. The third-order valence-electron chi connectivity index (χ3n) is 2.61. The zero-order chi connectivity index (χ0) is 11.7. The van der Waals surface area contributed by atoms with Crippen LogP contribution in [-0.2, 0) is 0 Å². The predicted molar refractivity (Wildman–Crippen MR) is 69.0 cm³/mol. The lowest BCUT2D eigenvalue weighted by molar-refractivity contribution is 0.0790. The number of carbonyl (C=O) groups excluding carboxylic acids is 1. The van der Waals surface area contributed by atoms with Gasteiger partial charge in [-0.1, -0.05) is 31.9 Å². The maximum atomic E-state index is 12.1. The highest BCUT2D eigenvalue weighted by Crippen LogP contribution is 2.26. The van der Waals surface area contributed by atoms with E-state index in [1.165, 1.54) is 6.07 Å². The molecule has 0 aliphatic carbocycles. The van der Waals surface area contributed by atoms with Gasteiger partial charge in [0.25, 0.3) is 5.91 Å². The maximum Gasteiger partial charge on any atom is 0.257 e. The summed E-state index contributed by atoms with van der Waals surface area (Å²) in [5, 5.41) is 9.70. The Kier molecular flexibility index (Phi) is 3.54. The van der Waals surface area contributed by atoms with E-state index in [2.05, 4.69) is 31.9 Å². The van der Waals surface area contributed by atoms with Crippen molar-refractivity contribution in [2.45, 2.75) is 11.2 Å². The smallest absolute Gasteiger partial charge is 0.257 e. The number of likely N-dealkylation sites (tertiary alicyclic amines) is 1. The van der Waals surface area contributed by atoms with Crippen LogP contribution in [0.15, 0.2) is 22.7 Å². The average molecular weight is 349 g/mol. The predicted octanol–water partition coefficient (Wildman–Crippen LogP) is 2.76. The normalized spacial score (nSPS) is 20.1. The van der Waals surface area contributed by atoms with Gasteiger partial charge >= 0.3 is 0 Å². The lowest BCUT2D eigenvalue weighted by atomic mass is 10.2. The highest BCUT2D eigenvalue weighted by molar-refractivity contribution is 9.10. The molecule has 0 bridgehead atoms. The van der Waals surface area contributed by atoms with E-state index in [-0.39, 0.29) is 11.7 Å². The van der Waals surface area contributed by atoms with Crippen LogP contribution < -0.4 is 0 Å². The van der Waals surface area contributed by atoms with Gasteiger partial charge in [0.05, 0.1) is 5.56 Å². The van der Waals surface area contributed by atoms with E-state index >= 15 is 0 Å². The van der Waals surface area contributed by atoms with Crippen molar-refractivity contribution in [1.82, 2.24) is 4.90 Å². The molecule has 2 rings (SSSR count). The molecule has 0 aromatic heterocycles. The molecule has 1 N–H and O–H groups in total. The van der Waals surface area contributed by atoms with E-state index in [9.17, 15) is 9.90 Å². The minimum atomic E-state index is -0.105. The number of halogens is 2. The summed E-state index contributed by atoms with van der Waals surface area (Å²) in [7, 11) is 0. The van der Waals surface area contributed by atoms with Gasteiger partial charge in [-0.25, -0.2) is 0 Å². The molecule has 1 aliphatic heterocycles. The van der Waals surface area contributed by atoms with Crippen molar-refractivity contribution in [3.63, 3.8) is 0 Å². The van der Waals surface area contributed by atoms with E-state index in [1.54, 1.807) is 17.0 Å². The third kappa shape index (κ3) is 2.40. The van der Waals surface area contributed by atoms with Crippen molar-refractivity contribution in [3.05, 3.63) is 28.2 Å². The number of hydrogen-bond donors (Lipinski definition) is 1. The quantitative estimate of drug-likeness (QED) is 0.793. The van der Waals surface area contributed by atoms with Crippen LogP contribution in [0.25, 0.3) is 0 Å². The Morgan fingerprint density at radius 3 is 2.81 bits per heavy atom. The Labute approximate surface area is 111 Å². The van der Waals surface area contributed by atoms with Gasteiger partial charge in [0.2, 0.25) is 0 Å². The number of nitrogens with zero attached hydrogens (tertiary/aromatic N) is 1. The number of amides is 1. The van der Waals surface area contributed by atoms with E-state index < -0.39 is 0 Å². The van der Waals surface area contributed by atoms with Gasteiger partial charge in [-0.15, -0.1) is 0 Å². The number of hydrogen-bond acceptors (Lipinski definition) is 2. The van der Waals surface area contributed by atoms with Gasteiger partial charge in [0, 0.05) is 22.4 Å². The SMILES string of the molecule is O=C(c1ccc(Br)cc1O)N1CCC(Br)C1. The Morgan fingerprint density at radius 2 is 2.25 bits per heavy atom. The first kappa shape index (κ1) is 11.9. The van der Waals surface area contributed by atoms with Gasteiger partial charge in [-0.05, 0) is 24.6 Å². The van der Waals surface area contributed by atoms with Crippen molar-refractivity contribution in [2.24, 2.45) is 0 Å². The second-order valence-electron chi connectivity index (χ2n) is 3.80. The molecule has 1 atom stereocenters. The molecule has 1 heterocycles. The molecule has 0 saturated carbocycles. The largest absolute Gasteiger partial charge is 0.507 e. The zero-order valence-corrected chi connectivity index (χ0v) is 11.7. The number of aromatic hydroxyl groups is 1. The van der Waals surface area contributed by atoms with Crippen LogP contribution in [0.1, 0.15) is 16.8 Å². The first-order chi connectivity index (χ1) is 7.58. The fourth-order valence-corrected chi connectivity index (χ4v) is 2.66. The molecule has 5 heteroatoms. The average Bonchev–Trinajstić information content (AvgIpc) is 2.64. The lowest BCUT2D eigenvalue weighted by Gasteiger charge is -2.16. The first-order valence-electron chi connectivity index (χ1n) is 5.00. The Morgan fingerprint density at radius 1 is 1.50 bits per heavy atom. The third-order valence-corrected chi connectivity index (χ3v) is 3.85. The molecule has 1 aromatic carbocycles. The molecule has 3 nitrogen and oxygen atoms in total. The molecule has 1 amide bonds. The molecular formula is C11H11Br2NO2. The summed E-state index contributed by atoms with van der Waals surface area (Å²) in [4.78, 5) is 14.2. The van der Waals surface area contributed by atoms with Crippen molar-refractivity contribution in [1.29, 1.82) is 0 Å². The fourth-order valence-electron chi connectivity index (χ4n) is 1.76. The fraction of sp³-hybridized carbons (Fsp3) is 0.364. The first-order valence-corrected chi connectivity index (χ1v) is 6.70. The van der Waals surface area contributed by atoms with Crippen LogP contribution in [0, 0.1) is 0 Å². The number of carbonyl (C=O) groups is 1. The van der Waals surface area contributed by atoms with Crippen molar-refractivity contribution < 1.29 is 9.90 Å². The molecule has 1 unspecified atom stereocenters. The van der Waals surface area contributed by atoms with Crippen LogP contribution in [0.2, 0.25) is 0 Å². The lowest BCUT2D eigenvalue weighted by Crippen LogP contribution is -2.28. The molecule has 1 aromatic rings. The van der Waals surface area contributed by atoms with Crippen LogP contribution in [-0.4, -0.2) is 33.8 Å². The molecular weight excluding hydrogens is 338 g/mol. The molecule has 16 heavy (non-hydrogen) atoms. The molecule has 0 radical (unpaired) electrons. The molecule has 0 spiro atoms. The summed E-state index contributed by atoms with van der Waals surface area (Å²) in [6.45, 7) is 1.44. The van der Waals surface area contributed by atoms with Crippen LogP contribution >= 0.6 is 31.9 Å². The zero-order valence-electron chi connectivity index (χ0n) is 8.49. The minimum Gasteiger partial charge on any atom is -0.507 e. The van der Waals surface area contributed by atoms with Gasteiger partial charge < -0.3 is 10.0 Å². The second kappa shape index (κ2) is 4.75. The highest BCUT2D eigenvalue weighted by atomic mass is 79.9. The van der Waals surface area contributed by atoms with Gasteiger partial charge in [-0.3, -0.25) is 4.79 Å². The van der Waals surface area contributed by atoms with E-state index in [0.29, 0.717) is 16.9 Å². The van der Waals surface area contributed by atoms with Crippen molar-refractivity contribution >= 4 is 37.8 Å².